The van der Waals surface area contributed by atoms with Gasteiger partial charge in [0.2, 0.25) is 0 Å². The number of morpholine rings is 1. The second-order valence-corrected chi connectivity index (χ2v) is 10.6. The van der Waals surface area contributed by atoms with E-state index in [-0.39, 0.29) is 6.03 Å². The number of hydrogen-bond acceptors (Lipinski definition) is 7. The van der Waals surface area contributed by atoms with E-state index < -0.39 is 0 Å². The minimum atomic E-state index is -0.0352. The number of piperazine rings is 1. The van der Waals surface area contributed by atoms with E-state index in [4.69, 9.17) is 9.72 Å². The van der Waals surface area contributed by atoms with Crippen molar-refractivity contribution in [2.75, 3.05) is 87.7 Å². The van der Waals surface area contributed by atoms with Crippen LogP contribution in [0.15, 0.2) is 48.8 Å². The number of carbonyl (C=O) groups excluding carboxylic acids is 1. The second-order valence-electron chi connectivity index (χ2n) is 10.6. The Balaban J connectivity index is 1.06. The molecule has 3 fully saturated rings. The molecule has 0 radical (unpaired) electrons. The third-order valence-electron chi connectivity index (χ3n) is 8.18. The maximum atomic E-state index is 13.0. The molecule has 3 aromatic rings. The summed E-state index contributed by atoms with van der Waals surface area (Å²) in [7, 11) is 2.18. The number of likely N-dealkylation sites (N-methyl/N-ethyl adjacent to an activating group) is 1. The summed E-state index contributed by atoms with van der Waals surface area (Å²) in [5.74, 6) is 0.326. The lowest BCUT2D eigenvalue weighted by atomic mass is 9.91. The number of rotatable bonds is 4. The number of anilines is 3. The van der Waals surface area contributed by atoms with Crippen molar-refractivity contribution in [2.24, 2.45) is 0 Å². The van der Waals surface area contributed by atoms with Gasteiger partial charge < -0.3 is 29.7 Å². The first-order chi connectivity index (χ1) is 18.6. The summed E-state index contributed by atoms with van der Waals surface area (Å²) in [6, 6.07) is 14.7. The summed E-state index contributed by atoms with van der Waals surface area (Å²) in [6.07, 6.45) is 3.50. The van der Waals surface area contributed by atoms with E-state index >= 15 is 0 Å². The number of nitrogens with one attached hydrogen (secondary N) is 1. The molecular weight excluding hydrogens is 478 g/mol. The van der Waals surface area contributed by atoms with Gasteiger partial charge in [0.25, 0.3) is 0 Å². The fourth-order valence-electron chi connectivity index (χ4n) is 5.79. The Bertz CT molecular complexity index is 1250. The van der Waals surface area contributed by atoms with Gasteiger partial charge in [0, 0.05) is 80.7 Å². The molecule has 1 aromatic heterocycles. The van der Waals surface area contributed by atoms with Crippen LogP contribution >= 0.6 is 0 Å². The lowest BCUT2D eigenvalue weighted by Crippen LogP contribution is -2.44. The van der Waals surface area contributed by atoms with Gasteiger partial charge in [-0.25, -0.2) is 14.8 Å². The maximum absolute atomic E-state index is 13.0. The number of carbonyl (C=O) groups is 1. The van der Waals surface area contributed by atoms with Crippen LogP contribution in [-0.2, 0) is 4.74 Å². The lowest BCUT2D eigenvalue weighted by Gasteiger charge is -2.34. The molecule has 3 saturated heterocycles. The maximum Gasteiger partial charge on any atom is 0.321 e. The van der Waals surface area contributed by atoms with Crippen molar-refractivity contribution in [1.82, 2.24) is 19.8 Å². The zero-order chi connectivity index (χ0) is 25.9. The standard InChI is InChI=1S/C29H37N7O2/c1-33-12-14-34(15-13-33)25-6-7-26-27(20-25)30-21-31-28(26)22-8-10-36(11-9-22)29(37)32-23-2-4-24(5-3-23)35-16-18-38-19-17-35/h2-7,20-22H,8-19H2,1H3,(H,32,37). The Morgan fingerprint density at radius 1 is 0.842 bits per heavy atom. The van der Waals surface area contributed by atoms with Gasteiger partial charge in [0.15, 0.2) is 0 Å². The van der Waals surface area contributed by atoms with Crippen LogP contribution in [0.4, 0.5) is 21.9 Å². The Morgan fingerprint density at radius 3 is 2.26 bits per heavy atom. The average molecular weight is 516 g/mol. The highest BCUT2D eigenvalue weighted by Crippen LogP contribution is 2.33. The molecule has 3 aliphatic rings. The van der Waals surface area contributed by atoms with Gasteiger partial charge in [-0.3, -0.25) is 0 Å². The molecule has 3 aliphatic heterocycles. The highest BCUT2D eigenvalue weighted by atomic mass is 16.5. The summed E-state index contributed by atoms with van der Waals surface area (Å²) in [5.41, 5.74) is 5.34. The quantitative estimate of drug-likeness (QED) is 0.569. The van der Waals surface area contributed by atoms with Crippen LogP contribution in [0.2, 0.25) is 0 Å². The molecule has 4 heterocycles. The van der Waals surface area contributed by atoms with Gasteiger partial charge in [-0.05, 0) is 62.4 Å². The minimum Gasteiger partial charge on any atom is -0.378 e. The number of fused-ring (bicyclic) bond motifs is 1. The topological polar surface area (TPSA) is 77.1 Å². The van der Waals surface area contributed by atoms with E-state index in [0.717, 1.165) is 87.6 Å². The number of amides is 2. The molecule has 0 aliphatic carbocycles. The van der Waals surface area contributed by atoms with Crippen molar-refractivity contribution in [3.63, 3.8) is 0 Å². The number of piperidine rings is 1. The molecule has 38 heavy (non-hydrogen) atoms. The highest BCUT2D eigenvalue weighted by Gasteiger charge is 2.26. The minimum absolute atomic E-state index is 0.0352. The van der Waals surface area contributed by atoms with Crippen LogP contribution in [0, 0.1) is 0 Å². The monoisotopic (exact) mass is 515 g/mol. The highest BCUT2D eigenvalue weighted by molar-refractivity contribution is 5.89. The first-order valence-corrected chi connectivity index (χ1v) is 13.8. The molecule has 6 rings (SSSR count). The van der Waals surface area contributed by atoms with Gasteiger partial charge in [-0.15, -0.1) is 0 Å². The summed E-state index contributed by atoms with van der Waals surface area (Å²) in [5, 5.41) is 4.21. The predicted octanol–water partition coefficient (Wildman–Crippen LogP) is 3.63. The Labute approximate surface area is 224 Å². The molecule has 9 nitrogen and oxygen atoms in total. The van der Waals surface area contributed by atoms with E-state index in [1.54, 1.807) is 6.33 Å². The van der Waals surface area contributed by atoms with Crippen LogP contribution < -0.4 is 15.1 Å². The Morgan fingerprint density at radius 2 is 1.53 bits per heavy atom. The molecule has 0 spiro atoms. The molecule has 2 amide bonds. The number of ether oxygens (including phenoxy) is 1. The van der Waals surface area contributed by atoms with Crippen LogP contribution in [-0.4, -0.2) is 98.4 Å². The molecule has 0 saturated carbocycles. The van der Waals surface area contributed by atoms with Gasteiger partial charge in [-0.2, -0.15) is 0 Å². The smallest absolute Gasteiger partial charge is 0.321 e. The molecule has 200 valence electrons. The fraction of sp³-hybridized carbons (Fsp3) is 0.483. The van der Waals surface area contributed by atoms with Crippen LogP contribution in [0.3, 0.4) is 0 Å². The molecule has 2 aromatic carbocycles. The summed E-state index contributed by atoms with van der Waals surface area (Å²) in [4.78, 5) is 31.3. The number of urea groups is 1. The SMILES string of the molecule is CN1CCN(c2ccc3c(C4CCN(C(=O)Nc5ccc(N6CCOCC6)cc5)CC4)ncnc3c2)CC1. The predicted molar refractivity (Wildman–Crippen MR) is 151 cm³/mol. The molecule has 0 unspecified atom stereocenters. The zero-order valence-electron chi connectivity index (χ0n) is 22.2. The summed E-state index contributed by atoms with van der Waals surface area (Å²) >= 11 is 0. The molecule has 9 heteroatoms. The van der Waals surface area contributed by atoms with Gasteiger partial charge >= 0.3 is 6.03 Å². The number of nitrogens with zero attached hydrogens (tertiary/aromatic N) is 6. The summed E-state index contributed by atoms with van der Waals surface area (Å²) < 4.78 is 5.44. The first-order valence-electron chi connectivity index (χ1n) is 13.8. The number of aromatic nitrogens is 2. The number of likely N-dealkylation sites (tertiary alicyclic amines) is 1. The van der Waals surface area contributed by atoms with Gasteiger partial charge in [0.05, 0.1) is 24.4 Å². The van der Waals surface area contributed by atoms with Crippen molar-refractivity contribution in [3.8, 4) is 0 Å². The Kier molecular flexibility index (Phi) is 7.29. The van der Waals surface area contributed by atoms with Crippen LogP contribution in [0.25, 0.3) is 10.9 Å². The molecule has 0 bridgehead atoms. The Hall–Kier alpha value is -3.43. The normalized spacial score (nSPS) is 19.7. The van der Waals surface area contributed by atoms with Crippen molar-refractivity contribution in [1.29, 1.82) is 0 Å². The largest absolute Gasteiger partial charge is 0.378 e. The molecule has 0 atom stereocenters. The fourth-order valence-corrected chi connectivity index (χ4v) is 5.79. The van der Waals surface area contributed by atoms with Gasteiger partial charge in [0.1, 0.15) is 6.33 Å². The third kappa shape index (κ3) is 5.39. The van der Waals surface area contributed by atoms with Gasteiger partial charge in [-0.1, -0.05) is 0 Å². The average Bonchev–Trinajstić information content (AvgIpc) is 2.98. The molecular formula is C29H37N7O2. The van der Waals surface area contributed by atoms with Crippen LogP contribution in [0.5, 0.6) is 0 Å². The van der Waals surface area contributed by atoms with E-state index in [2.05, 4.69) is 62.4 Å². The number of hydrogen-bond donors (Lipinski definition) is 1. The lowest BCUT2D eigenvalue weighted by molar-refractivity contribution is 0.122. The van der Waals surface area contributed by atoms with Crippen molar-refractivity contribution in [3.05, 3.63) is 54.5 Å². The van der Waals surface area contributed by atoms with Crippen molar-refractivity contribution in [2.45, 2.75) is 18.8 Å². The van der Waals surface area contributed by atoms with E-state index in [1.807, 2.05) is 17.0 Å². The van der Waals surface area contributed by atoms with Crippen molar-refractivity contribution >= 4 is 34.0 Å². The molecule has 1 N–H and O–H groups in total. The van der Waals surface area contributed by atoms with Crippen LogP contribution in [0.1, 0.15) is 24.5 Å². The summed E-state index contributed by atoms with van der Waals surface area (Å²) in [6.45, 7) is 9.00. The third-order valence-corrected chi connectivity index (χ3v) is 8.18. The van der Waals surface area contributed by atoms with Crippen molar-refractivity contribution < 1.29 is 9.53 Å². The second kappa shape index (κ2) is 11.1. The number of benzene rings is 2. The first kappa shape index (κ1) is 24.9. The van der Waals surface area contributed by atoms with E-state index in [1.165, 1.54) is 11.4 Å². The zero-order valence-corrected chi connectivity index (χ0v) is 22.2. The van der Waals surface area contributed by atoms with E-state index in [0.29, 0.717) is 19.0 Å². The van der Waals surface area contributed by atoms with E-state index in [9.17, 15) is 4.79 Å².